The van der Waals surface area contributed by atoms with Gasteiger partial charge in [-0.05, 0) is 76.1 Å². The fraction of sp³-hybridized carbons (Fsp3) is 0.467. The van der Waals surface area contributed by atoms with E-state index in [4.69, 9.17) is 29.3 Å². The lowest BCUT2D eigenvalue weighted by atomic mass is 10.1. The zero-order valence-corrected chi connectivity index (χ0v) is 38.1. The molecule has 0 aliphatic heterocycles. The highest BCUT2D eigenvalue weighted by Gasteiger charge is 2.39. The molecule has 2 aromatic carbocycles. The molecule has 4 amide bonds. The second-order valence-corrected chi connectivity index (χ2v) is 14.9. The quantitative estimate of drug-likeness (QED) is 0.0252. The number of carbonyl (C=O) groups is 6. The van der Waals surface area contributed by atoms with Crippen molar-refractivity contribution in [2.45, 2.75) is 83.0 Å². The predicted molar refractivity (Wildman–Crippen MR) is 244 cm³/mol. The van der Waals surface area contributed by atoms with Crippen LogP contribution < -0.4 is 41.4 Å². The number of rotatable bonds is 26. The Hall–Kier alpha value is -6.82. The maximum absolute atomic E-state index is 12.5. The number of nitrogens with one attached hydrogen (secondary N) is 6. The van der Waals surface area contributed by atoms with E-state index < -0.39 is 24.3 Å². The van der Waals surface area contributed by atoms with Crippen molar-refractivity contribution in [1.82, 2.24) is 31.2 Å². The van der Waals surface area contributed by atoms with Crippen LogP contribution in [0.3, 0.4) is 0 Å². The third-order valence-electron chi connectivity index (χ3n) is 9.43. The van der Waals surface area contributed by atoms with Gasteiger partial charge >= 0.3 is 24.3 Å². The average molecular weight is 985 g/mol. The fourth-order valence-electron chi connectivity index (χ4n) is 5.97. The molecule has 2 heterocycles. The number of fused-ring (bicyclic) bond motifs is 2. The van der Waals surface area contributed by atoms with E-state index in [0.29, 0.717) is 47.0 Å². The molecule has 0 spiro atoms. The van der Waals surface area contributed by atoms with Crippen LogP contribution in [0.5, 0.6) is 11.5 Å². The number of unbranched alkanes of at least 4 members (excludes halogenated alkanes) is 4. The molecule has 18 nitrogen and oxygen atoms in total. The summed E-state index contributed by atoms with van der Waals surface area (Å²) in [4.78, 5) is 76.0. The van der Waals surface area contributed by atoms with Gasteiger partial charge in [0, 0.05) is 74.1 Å². The second-order valence-electron chi connectivity index (χ2n) is 14.9. The number of aliphatic carboxylic acids is 2. The van der Waals surface area contributed by atoms with Crippen LogP contribution in [-0.4, -0.2) is 122 Å². The number of alkyl halides is 6. The van der Waals surface area contributed by atoms with E-state index >= 15 is 0 Å². The zero-order valence-electron chi connectivity index (χ0n) is 38.1. The second kappa shape index (κ2) is 31.3. The van der Waals surface area contributed by atoms with Gasteiger partial charge in [0.2, 0.25) is 23.6 Å². The summed E-state index contributed by atoms with van der Waals surface area (Å²) in [6.45, 7) is 4.70. The van der Waals surface area contributed by atoms with Gasteiger partial charge in [-0.2, -0.15) is 26.3 Å². The fourth-order valence-corrected chi connectivity index (χ4v) is 5.97. The van der Waals surface area contributed by atoms with Gasteiger partial charge in [0.05, 0.1) is 36.6 Å². The van der Waals surface area contributed by atoms with Gasteiger partial charge in [-0.25, -0.2) is 9.59 Å². The van der Waals surface area contributed by atoms with Gasteiger partial charge in [-0.1, -0.05) is 31.4 Å². The molecule has 0 bridgehead atoms. The molecule has 4 rings (SSSR count). The van der Waals surface area contributed by atoms with Crippen LogP contribution in [0, 0.1) is 0 Å². The van der Waals surface area contributed by atoms with Crippen molar-refractivity contribution in [3.05, 3.63) is 60.9 Å². The van der Waals surface area contributed by atoms with Crippen molar-refractivity contribution in [3.63, 3.8) is 0 Å². The molecule has 4 aromatic rings. The number of aromatic nitrogens is 2. The summed E-state index contributed by atoms with van der Waals surface area (Å²) < 4.78 is 74.1. The Morgan fingerprint density at radius 2 is 0.841 bits per heavy atom. The summed E-state index contributed by atoms with van der Waals surface area (Å²) in [6.07, 6.45) is 0.992. The summed E-state index contributed by atoms with van der Waals surface area (Å²) in [5, 5.41) is 34.3. The largest absolute Gasteiger partial charge is 0.497 e. The van der Waals surface area contributed by atoms with Crippen molar-refractivity contribution in [1.29, 1.82) is 0 Å². The Morgan fingerprint density at radius 1 is 0.507 bits per heavy atom. The summed E-state index contributed by atoms with van der Waals surface area (Å²) in [5.41, 5.74) is 2.47. The van der Waals surface area contributed by atoms with E-state index in [1.807, 2.05) is 36.4 Å². The Labute approximate surface area is 393 Å². The molecule has 0 aliphatic rings. The topological polar surface area (TPSA) is 259 Å². The molecule has 24 heteroatoms. The monoisotopic (exact) mass is 984 g/mol. The van der Waals surface area contributed by atoms with Gasteiger partial charge < -0.3 is 51.6 Å². The lowest BCUT2D eigenvalue weighted by Crippen LogP contribution is -2.28. The molecular formula is C45H58F6N8O10. The van der Waals surface area contributed by atoms with Gasteiger partial charge in [-0.3, -0.25) is 29.1 Å². The minimum Gasteiger partial charge on any atom is -0.497 e. The first kappa shape index (κ1) is 58.3. The van der Waals surface area contributed by atoms with E-state index in [2.05, 4.69) is 41.9 Å². The first-order valence-electron chi connectivity index (χ1n) is 21.7. The van der Waals surface area contributed by atoms with Gasteiger partial charge in [0.25, 0.3) is 0 Å². The maximum Gasteiger partial charge on any atom is 0.490 e. The van der Waals surface area contributed by atoms with E-state index in [1.54, 1.807) is 38.7 Å². The number of anilines is 2. The van der Waals surface area contributed by atoms with E-state index in [0.717, 1.165) is 62.6 Å². The predicted octanol–water partition coefficient (Wildman–Crippen LogP) is 6.35. The number of halogens is 6. The van der Waals surface area contributed by atoms with E-state index in [1.165, 1.54) is 19.3 Å². The number of methoxy groups -OCH3 is 2. The van der Waals surface area contributed by atoms with Crippen LogP contribution in [0.1, 0.15) is 70.6 Å². The number of nitrogens with zero attached hydrogens (tertiary/aromatic N) is 2. The number of hydrogen-bond acceptors (Lipinski definition) is 12. The van der Waals surface area contributed by atoms with Gasteiger partial charge in [-0.15, -0.1) is 0 Å². The van der Waals surface area contributed by atoms with Crippen molar-refractivity contribution in [2.24, 2.45) is 0 Å². The van der Waals surface area contributed by atoms with Crippen LogP contribution in [-0.2, 0) is 28.8 Å². The number of ether oxygens (including phenoxy) is 2. The lowest BCUT2D eigenvalue weighted by molar-refractivity contribution is -0.193. The number of benzene rings is 2. The first-order valence-corrected chi connectivity index (χ1v) is 21.7. The maximum atomic E-state index is 12.5. The van der Waals surface area contributed by atoms with Crippen LogP contribution in [0.2, 0.25) is 0 Å². The van der Waals surface area contributed by atoms with E-state index in [9.17, 15) is 45.5 Å². The normalized spacial score (nSPS) is 11.0. The molecule has 0 fully saturated rings. The molecule has 0 saturated heterocycles. The van der Waals surface area contributed by atoms with Crippen molar-refractivity contribution in [3.8, 4) is 11.5 Å². The van der Waals surface area contributed by atoms with Crippen molar-refractivity contribution >= 4 is 68.7 Å². The summed E-state index contributed by atoms with van der Waals surface area (Å²) in [6, 6.07) is 14.6. The third-order valence-corrected chi connectivity index (χ3v) is 9.43. The van der Waals surface area contributed by atoms with Crippen LogP contribution >= 0.6 is 0 Å². The molecule has 0 radical (unpaired) electrons. The number of carboxylic acids is 2. The number of amides is 4. The highest BCUT2D eigenvalue weighted by atomic mass is 19.4. The Kier molecular flexibility index (Phi) is 26.4. The smallest absolute Gasteiger partial charge is 0.490 e. The molecule has 69 heavy (non-hydrogen) atoms. The highest BCUT2D eigenvalue weighted by molar-refractivity contribution is 6.03. The Bertz CT molecular complexity index is 2110. The number of pyridine rings is 2. The molecule has 0 atom stereocenters. The molecule has 0 saturated carbocycles. The summed E-state index contributed by atoms with van der Waals surface area (Å²) in [7, 11) is 3.14. The Balaban J connectivity index is 0.00000101. The van der Waals surface area contributed by atoms with Crippen molar-refractivity contribution in [2.75, 3.05) is 64.1 Å². The number of carboxylic acid groups (broad SMARTS) is 2. The molecule has 0 unspecified atom stereocenters. The minimum absolute atomic E-state index is 0.0830. The van der Waals surface area contributed by atoms with Gasteiger partial charge in [0.15, 0.2) is 0 Å². The van der Waals surface area contributed by atoms with Crippen LogP contribution in [0.4, 0.5) is 37.7 Å². The average Bonchev–Trinajstić information content (AvgIpc) is 3.30. The zero-order chi connectivity index (χ0) is 51.2. The molecular weight excluding hydrogens is 927 g/mol. The third kappa shape index (κ3) is 24.7. The molecule has 8 N–H and O–H groups in total. The van der Waals surface area contributed by atoms with E-state index in [-0.39, 0.29) is 49.3 Å². The first-order chi connectivity index (χ1) is 32.7. The van der Waals surface area contributed by atoms with Gasteiger partial charge in [0.1, 0.15) is 11.5 Å². The summed E-state index contributed by atoms with van der Waals surface area (Å²) >= 11 is 0. The van der Waals surface area contributed by atoms with Crippen molar-refractivity contribution < 1.29 is 74.8 Å². The minimum atomic E-state index is -5.08. The molecule has 2 aromatic heterocycles. The number of hydrogen-bond donors (Lipinski definition) is 8. The lowest BCUT2D eigenvalue weighted by Gasteiger charge is -2.11. The number of carbonyl (C=O) groups excluding carboxylic acids is 4. The molecule has 0 aliphatic carbocycles. The summed E-state index contributed by atoms with van der Waals surface area (Å²) in [5.74, 6) is -5.05. The SMILES string of the molecule is COc1cc(NC(=O)CCC(=O)NCCCNCCCCCCCNCCCNC(=O)CCC(=O)Nc2cc(OC)cc3cccnc23)c2ncccc2c1.O=C(O)C(F)(F)F.O=C(O)C(F)(F)F. The standard InChI is InChI=1S/C41H56N8O6.2C2HF3O2/c1-54-32-26-30-12-8-22-46-40(30)34(28-32)48-38(52)16-14-36(50)44-24-10-20-42-18-6-4-3-5-7-19-43-21-11-25-45-37(51)15-17-39(53)49-35-29-33(55-2)27-31-13-9-23-47-41(31)35;2*3-2(4,5)1(6)7/h8-9,12-13,22-23,26-29,42-43H,3-7,10-11,14-21,24-25H2,1-2H3,(H,44,50)(H,45,51)(H,48,52)(H,49,53);2*(H,6,7). The molecule has 380 valence electrons. The Morgan fingerprint density at radius 3 is 1.19 bits per heavy atom. The van der Waals surface area contributed by atoms with Crippen LogP contribution in [0.25, 0.3) is 21.8 Å². The highest BCUT2D eigenvalue weighted by Crippen LogP contribution is 2.29. The van der Waals surface area contributed by atoms with Crippen LogP contribution in [0.15, 0.2) is 60.9 Å².